The number of carbonyl (C=O) groups is 1. The van der Waals surface area contributed by atoms with Crippen molar-refractivity contribution in [3.8, 4) is 0 Å². The molecule has 4 nitrogen and oxygen atoms in total. The molecule has 0 radical (unpaired) electrons. The molecule has 1 unspecified atom stereocenters. The Morgan fingerprint density at radius 3 is 2.81 bits per heavy atom. The summed E-state index contributed by atoms with van der Waals surface area (Å²) in [6.07, 6.45) is 5.82. The highest BCUT2D eigenvalue weighted by molar-refractivity contribution is 5.78. The predicted octanol–water partition coefficient (Wildman–Crippen LogP) is 1.09. The molecule has 86 valence electrons. The molecule has 1 N–H and O–H groups in total. The van der Waals surface area contributed by atoms with E-state index in [-0.39, 0.29) is 11.9 Å². The van der Waals surface area contributed by atoms with E-state index in [1.54, 1.807) is 12.4 Å². The summed E-state index contributed by atoms with van der Waals surface area (Å²) < 4.78 is 4.82. The predicted molar refractivity (Wildman–Crippen MR) is 60.0 cm³/mol. The summed E-state index contributed by atoms with van der Waals surface area (Å²) in [6, 6.07) is 4.31. The van der Waals surface area contributed by atoms with Crippen molar-refractivity contribution in [3.63, 3.8) is 0 Å². The number of esters is 1. The van der Waals surface area contributed by atoms with Crippen LogP contribution < -0.4 is 5.32 Å². The fraction of sp³-hybridized carbons (Fsp3) is 0.500. The van der Waals surface area contributed by atoms with E-state index in [9.17, 15) is 4.79 Å². The van der Waals surface area contributed by atoms with Crippen LogP contribution in [0.25, 0.3) is 0 Å². The SMILES string of the molecule is COC(=O)C(CNC1CC1)c1ccncc1. The van der Waals surface area contributed by atoms with Gasteiger partial charge in [-0.2, -0.15) is 0 Å². The maximum Gasteiger partial charge on any atom is 0.314 e. The maximum atomic E-state index is 11.7. The third kappa shape index (κ3) is 2.79. The highest BCUT2D eigenvalue weighted by Crippen LogP contribution is 2.21. The van der Waals surface area contributed by atoms with Crippen molar-refractivity contribution in [1.82, 2.24) is 10.3 Å². The van der Waals surface area contributed by atoms with Crippen LogP contribution in [0, 0.1) is 0 Å². The zero-order valence-corrected chi connectivity index (χ0v) is 9.35. The number of nitrogens with zero attached hydrogens (tertiary/aromatic N) is 1. The van der Waals surface area contributed by atoms with Crippen molar-refractivity contribution in [1.29, 1.82) is 0 Å². The second-order valence-corrected chi connectivity index (χ2v) is 4.04. The van der Waals surface area contributed by atoms with Gasteiger partial charge in [-0.15, -0.1) is 0 Å². The van der Waals surface area contributed by atoms with Gasteiger partial charge in [0.2, 0.25) is 0 Å². The van der Waals surface area contributed by atoms with Crippen molar-refractivity contribution >= 4 is 5.97 Å². The number of aromatic nitrogens is 1. The zero-order valence-electron chi connectivity index (χ0n) is 9.35. The second-order valence-electron chi connectivity index (χ2n) is 4.04. The van der Waals surface area contributed by atoms with Crippen LogP contribution in [0.2, 0.25) is 0 Å². The Bertz CT molecular complexity index is 349. The van der Waals surface area contributed by atoms with E-state index in [4.69, 9.17) is 4.74 Å². The van der Waals surface area contributed by atoms with Gasteiger partial charge < -0.3 is 10.1 Å². The molecule has 0 aliphatic heterocycles. The smallest absolute Gasteiger partial charge is 0.314 e. The molecule has 1 aromatic rings. The number of carbonyl (C=O) groups excluding carboxylic acids is 1. The molecular weight excluding hydrogens is 204 g/mol. The van der Waals surface area contributed by atoms with E-state index in [0.717, 1.165) is 5.56 Å². The Balaban J connectivity index is 2.03. The van der Waals surface area contributed by atoms with Crippen LogP contribution in [0.5, 0.6) is 0 Å². The summed E-state index contributed by atoms with van der Waals surface area (Å²) in [7, 11) is 1.42. The van der Waals surface area contributed by atoms with Gasteiger partial charge in [0.05, 0.1) is 13.0 Å². The molecule has 1 aromatic heterocycles. The minimum absolute atomic E-state index is 0.195. The number of methoxy groups -OCH3 is 1. The Labute approximate surface area is 95.0 Å². The number of rotatable bonds is 5. The van der Waals surface area contributed by atoms with Gasteiger partial charge in [0, 0.05) is 25.0 Å². The van der Waals surface area contributed by atoms with Gasteiger partial charge in [-0.3, -0.25) is 9.78 Å². The minimum atomic E-state index is -0.228. The molecule has 1 aliphatic carbocycles. The molecule has 0 amide bonds. The van der Waals surface area contributed by atoms with Gasteiger partial charge >= 0.3 is 5.97 Å². The lowest BCUT2D eigenvalue weighted by Gasteiger charge is -2.15. The first-order valence-electron chi connectivity index (χ1n) is 5.52. The third-order valence-electron chi connectivity index (χ3n) is 2.78. The third-order valence-corrected chi connectivity index (χ3v) is 2.78. The molecule has 2 rings (SSSR count). The van der Waals surface area contributed by atoms with Crippen molar-refractivity contribution in [3.05, 3.63) is 30.1 Å². The monoisotopic (exact) mass is 220 g/mol. The highest BCUT2D eigenvalue weighted by Gasteiger charge is 2.26. The van der Waals surface area contributed by atoms with E-state index in [1.165, 1.54) is 20.0 Å². The molecule has 0 spiro atoms. The summed E-state index contributed by atoms with van der Waals surface area (Å²) in [4.78, 5) is 15.6. The molecule has 4 heteroatoms. The zero-order chi connectivity index (χ0) is 11.4. The summed E-state index contributed by atoms with van der Waals surface area (Å²) in [5.41, 5.74) is 0.954. The Hall–Kier alpha value is -1.42. The van der Waals surface area contributed by atoms with Crippen LogP contribution in [-0.2, 0) is 9.53 Å². The Morgan fingerprint density at radius 1 is 1.56 bits per heavy atom. The first-order valence-corrected chi connectivity index (χ1v) is 5.52. The first-order chi connectivity index (χ1) is 7.81. The van der Waals surface area contributed by atoms with Crippen LogP contribution in [0.4, 0.5) is 0 Å². The van der Waals surface area contributed by atoms with Crippen LogP contribution in [0.15, 0.2) is 24.5 Å². The average Bonchev–Trinajstić information content (AvgIpc) is 3.14. The Kier molecular flexibility index (Phi) is 3.51. The summed E-state index contributed by atoms with van der Waals surface area (Å²) in [5.74, 6) is -0.423. The van der Waals surface area contributed by atoms with Gasteiger partial charge in [0.1, 0.15) is 0 Å². The van der Waals surface area contributed by atoms with Crippen molar-refractivity contribution in [2.45, 2.75) is 24.8 Å². The lowest BCUT2D eigenvalue weighted by atomic mass is 10.0. The molecule has 0 saturated heterocycles. The quantitative estimate of drug-likeness (QED) is 0.755. The summed E-state index contributed by atoms with van der Waals surface area (Å²) in [6.45, 7) is 0.640. The lowest BCUT2D eigenvalue weighted by molar-refractivity contribution is -0.142. The molecular formula is C12H16N2O2. The second kappa shape index (κ2) is 5.07. The first kappa shape index (κ1) is 11.1. The van der Waals surface area contributed by atoms with Gasteiger partial charge in [-0.25, -0.2) is 0 Å². The molecule has 16 heavy (non-hydrogen) atoms. The molecule has 1 heterocycles. The summed E-state index contributed by atoms with van der Waals surface area (Å²) >= 11 is 0. The maximum absolute atomic E-state index is 11.7. The largest absolute Gasteiger partial charge is 0.469 e. The number of hydrogen-bond donors (Lipinski definition) is 1. The fourth-order valence-corrected chi connectivity index (χ4v) is 1.65. The minimum Gasteiger partial charge on any atom is -0.469 e. The summed E-state index contributed by atoms with van der Waals surface area (Å²) in [5, 5.41) is 3.35. The fourth-order valence-electron chi connectivity index (χ4n) is 1.65. The van der Waals surface area contributed by atoms with Crippen LogP contribution in [0.1, 0.15) is 24.3 Å². The van der Waals surface area contributed by atoms with Crippen LogP contribution in [-0.4, -0.2) is 30.6 Å². The highest BCUT2D eigenvalue weighted by atomic mass is 16.5. The standard InChI is InChI=1S/C12H16N2O2/c1-16-12(15)11(8-14-10-2-3-10)9-4-6-13-7-5-9/h4-7,10-11,14H,2-3,8H2,1H3. The lowest BCUT2D eigenvalue weighted by Crippen LogP contribution is -2.29. The van der Waals surface area contributed by atoms with E-state index >= 15 is 0 Å². The van der Waals surface area contributed by atoms with Gasteiger partial charge in [0.15, 0.2) is 0 Å². The van der Waals surface area contributed by atoms with Gasteiger partial charge in [-0.05, 0) is 30.5 Å². The van der Waals surface area contributed by atoms with E-state index in [1.807, 2.05) is 12.1 Å². The van der Waals surface area contributed by atoms with E-state index in [2.05, 4.69) is 10.3 Å². The molecule has 1 aliphatic rings. The van der Waals surface area contributed by atoms with Crippen molar-refractivity contribution in [2.24, 2.45) is 0 Å². The molecule has 0 aromatic carbocycles. The number of hydrogen-bond acceptors (Lipinski definition) is 4. The normalized spacial score (nSPS) is 16.8. The average molecular weight is 220 g/mol. The number of ether oxygens (including phenoxy) is 1. The number of pyridine rings is 1. The van der Waals surface area contributed by atoms with Crippen molar-refractivity contribution in [2.75, 3.05) is 13.7 Å². The van der Waals surface area contributed by atoms with Crippen LogP contribution >= 0.6 is 0 Å². The molecule has 1 saturated carbocycles. The van der Waals surface area contributed by atoms with Crippen molar-refractivity contribution < 1.29 is 9.53 Å². The van der Waals surface area contributed by atoms with Gasteiger partial charge in [-0.1, -0.05) is 0 Å². The van der Waals surface area contributed by atoms with Gasteiger partial charge in [0.25, 0.3) is 0 Å². The molecule has 0 bridgehead atoms. The molecule has 1 fully saturated rings. The Morgan fingerprint density at radius 2 is 2.25 bits per heavy atom. The topological polar surface area (TPSA) is 51.2 Å². The number of nitrogens with one attached hydrogen (secondary N) is 1. The van der Waals surface area contributed by atoms with E-state index < -0.39 is 0 Å². The van der Waals surface area contributed by atoms with E-state index in [0.29, 0.717) is 12.6 Å². The molecule has 1 atom stereocenters. The van der Waals surface area contributed by atoms with Crippen LogP contribution in [0.3, 0.4) is 0 Å².